The summed E-state index contributed by atoms with van der Waals surface area (Å²) in [6.07, 6.45) is 0. The zero-order chi connectivity index (χ0) is 15.7. The van der Waals surface area contributed by atoms with Gasteiger partial charge in [0.2, 0.25) is 0 Å². The first-order valence-corrected chi connectivity index (χ1v) is 8.15. The molecule has 4 heteroatoms. The summed E-state index contributed by atoms with van der Waals surface area (Å²) in [5.74, 6) is 0.715. The first-order chi connectivity index (χ1) is 10.5. The summed E-state index contributed by atoms with van der Waals surface area (Å²) in [7, 11) is 0. The van der Waals surface area contributed by atoms with Gasteiger partial charge in [0.15, 0.2) is 0 Å². The first kappa shape index (κ1) is 14.9. The lowest BCUT2D eigenvalue weighted by Gasteiger charge is -2.12. The highest BCUT2D eigenvalue weighted by atomic mass is 32.2. The van der Waals surface area contributed by atoms with Gasteiger partial charge in [0.1, 0.15) is 5.82 Å². The molecule has 0 spiro atoms. The van der Waals surface area contributed by atoms with Crippen LogP contribution in [-0.2, 0) is 0 Å². The molecule has 0 aliphatic carbocycles. The van der Waals surface area contributed by atoms with Gasteiger partial charge < -0.3 is 4.98 Å². The minimum absolute atomic E-state index is 0.0758. The van der Waals surface area contributed by atoms with E-state index in [9.17, 15) is 4.79 Å². The monoisotopic (exact) mass is 310 g/mol. The number of aromatic nitrogens is 2. The van der Waals surface area contributed by atoms with Crippen LogP contribution in [0.4, 0.5) is 0 Å². The second-order valence-corrected chi connectivity index (χ2v) is 6.89. The van der Waals surface area contributed by atoms with Crippen molar-refractivity contribution >= 4 is 22.7 Å². The van der Waals surface area contributed by atoms with Crippen LogP contribution in [0.15, 0.2) is 52.2 Å². The highest BCUT2D eigenvalue weighted by Gasteiger charge is 2.12. The molecule has 1 atom stereocenters. The summed E-state index contributed by atoms with van der Waals surface area (Å²) in [6, 6.07) is 13.8. The average molecular weight is 310 g/mol. The predicted molar refractivity (Wildman–Crippen MR) is 92.6 cm³/mol. The van der Waals surface area contributed by atoms with E-state index in [0.717, 1.165) is 5.52 Å². The van der Waals surface area contributed by atoms with Crippen molar-refractivity contribution in [3.05, 3.63) is 69.8 Å². The molecule has 0 bridgehead atoms. The van der Waals surface area contributed by atoms with Crippen LogP contribution in [0.25, 0.3) is 10.9 Å². The Labute approximate surface area is 133 Å². The molecule has 0 unspecified atom stereocenters. The summed E-state index contributed by atoms with van der Waals surface area (Å²) in [5, 5.41) is 0.717. The van der Waals surface area contributed by atoms with Crippen molar-refractivity contribution < 1.29 is 0 Å². The molecule has 0 amide bonds. The zero-order valence-electron chi connectivity index (χ0n) is 12.9. The molecule has 112 valence electrons. The summed E-state index contributed by atoms with van der Waals surface area (Å²) in [5.41, 5.74) is 3.23. The molecule has 3 rings (SSSR count). The van der Waals surface area contributed by atoms with E-state index in [1.54, 1.807) is 17.8 Å². The van der Waals surface area contributed by atoms with Crippen molar-refractivity contribution in [3.63, 3.8) is 0 Å². The van der Waals surface area contributed by atoms with Gasteiger partial charge in [0.05, 0.1) is 16.2 Å². The van der Waals surface area contributed by atoms with E-state index in [-0.39, 0.29) is 10.8 Å². The summed E-state index contributed by atoms with van der Waals surface area (Å²) < 4.78 is 0. The number of hydrogen-bond donors (Lipinski definition) is 1. The largest absolute Gasteiger partial charge is 0.309 e. The molecule has 0 aliphatic rings. The number of H-pyrrole nitrogens is 1. The van der Waals surface area contributed by atoms with Gasteiger partial charge >= 0.3 is 0 Å². The first-order valence-electron chi connectivity index (χ1n) is 7.27. The number of aryl methyl sites for hydroxylation is 2. The number of para-hydroxylation sites is 1. The Hall–Kier alpha value is -2.07. The average Bonchev–Trinajstić information content (AvgIpc) is 2.51. The third-order valence-electron chi connectivity index (χ3n) is 3.81. The van der Waals surface area contributed by atoms with Gasteiger partial charge in [-0.25, -0.2) is 4.98 Å². The molecule has 0 saturated carbocycles. The maximum absolute atomic E-state index is 12.2. The third-order valence-corrected chi connectivity index (χ3v) is 4.91. The molecule has 0 aliphatic heterocycles. The number of hydrogen-bond acceptors (Lipinski definition) is 3. The van der Waals surface area contributed by atoms with Crippen LogP contribution in [0.1, 0.15) is 29.1 Å². The van der Waals surface area contributed by atoms with Gasteiger partial charge in [0, 0.05) is 4.90 Å². The topological polar surface area (TPSA) is 45.8 Å². The van der Waals surface area contributed by atoms with E-state index in [1.165, 1.54) is 16.0 Å². The lowest BCUT2D eigenvalue weighted by atomic mass is 10.1. The number of nitrogens with zero attached hydrogens (tertiary/aromatic N) is 1. The van der Waals surface area contributed by atoms with Crippen molar-refractivity contribution in [3.8, 4) is 0 Å². The SMILES string of the molecule is Cc1ccc(S[C@@H](C)c2nc3ccccc3c(=O)[nH]2)cc1C. The molecule has 0 fully saturated rings. The second-order valence-electron chi connectivity index (χ2n) is 5.47. The maximum atomic E-state index is 12.2. The molecule has 2 aromatic carbocycles. The predicted octanol–water partition coefficient (Wildman–Crippen LogP) is 4.39. The van der Waals surface area contributed by atoms with Gasteiger partial charge in [-0.2, -0.15) is 0 Å². The van der Waals surface area contributed by atoms with Crippen LogP contribution in [0.3, 0.4) is 0 Å². The molecule has 0 saturated heterocycles. The van der Waals surface area contributed by atoms with Gasteiger partial charge in [-0.15, -0.1) is 11.8 Å². The Morgan fingerprint density at radius 1 is 1.09 bits per heavy atom. The summed E-state index contributed by atoms with van der Waals surface area (Å²) in [6.45, 7) is 6.28. The zero-order valence-corrected chi connectivity index (χ0v) is 13.7. The van der Waals surface area contributed by atoms with Crippen LogP contribution in [0.5, 0.6) is 0 Å². The van der Waals surface area contributed by atoms with Crippen LogP contribution in [0, 0.1) is 13.8 Å². The Morgan fingerprint density at radius 2 is 1.86 bits per heavy atom. The molecular weight excluding hydrogens is 292 g/mol. The van der Waals surface area contributed by atoms with E-state index >= 15 is 0 Å². The smallest absolute Gasteiger partial charge is 0.258 e. The Kier molecular flexibility index (Phi) is 4.03. The van der Waals surface area contributed by atoms with E-state index in [1.807, 2.05) is 18.2 Å². The van der Waals surface area contributed by atoms with Crippen molar-refractivity contribution in [2.24, 2.45) is 0 Å². The molecular formula is C18H18N2OS. The lowest BCUT2D eigenvalue weighted by Crippen LogP contribution is -2.12. The lowest BCUT2D eigenvalue weighted by molar-refractivity contribution is 0.922. The molecule has 0 radical (unpaired) electrons. The molecule has 1 N–H and O–H groups in total. The highest BCUT2D eigenvalue weighted by molar-refractivity contribution is 7.99. The van der Waals surface area contributed by atoms with E-state index in [4.69, 9.17) is 0 Å². The normalized spacial score (nSPS) is 12.5. The number of nitrogens with one attached hydrogen (secondary N) is 1. The Morgan fingerprint density at radius 3 is 2.64 bits per heavy atom. The Balaban J connectivity index is 1.93. The fourth-order valence-electron chi connectivity index (χ4n) is 2.34. The minimum atomic E-state index is -0.0758. The highest BCUT2D eigenvalue weighted by Crippen LogP contribution is 2.33. The van der Waals surface area contributed by atoms with Crippen molar-refractivity contribution in [1.82, 2.24) is 9.97 Å². The third kappa shape index (κ3) is 2.92. The van der Waals surface area contributed by atoms with Crippen molar-refractivity contribution in [2.45, 2.75) is 30.9 Å². The van der Waals surface area contributed by atoms with Gasteiger partial charge in [0.25, 0.3) is 5.56 Å². The van der Waals surface area contributed by atoms with Gasteiger partial charge in [-0.05, 0) is 56.2 Å². The van der Waals surface area contributed by atoms with Crippen LogP contribution >= 0.6 is 11.8 Å². The number of fused-ring (bicyclic) bond motifs is 1. The summed E-state index contributed by atoms with van der Waals surface area (Å²) in [4.78, 5) is 20.8. The molecule has 1 heterocycles. The Bertz CT molecular complexity index is 886. The molecule has 22 heavy (non-hydrogen) atoms. The number of benzene rings is 2. The number of aromatic amines is 1. The molecule has 1 aromatic heterocycles. The van der Waals surface area contributed by atoms with E-state index in [0.29, 0.717) is 11.2 Å². The van der Waals surface area contributed by atoms with Crippen molar-refractivity contribution in [2.75, 3.05) is 0 Å². The second kappa shape index (κ2) is 5.97. The van der Waals surface area contributed by atoms with Crippen LogP contribution < -0.4 is 5.56 Å². The molecule has 3 aromatic rings. The maximum Gasteiger partial charge on any atom is 0.258 e. The van der Waals surface area contributed by atoms with Gasteiger partial charge in [-0.1, -0.05) is 18.2 Å². The van der Waals surface area contributed by atoms with Crippen molar-refractivity contribution in [1.29, 1.82) is 0 Å². The molecule has 3 nitrogen and oxygen atoms in total. The minimum Gasteiger partial charge on any atom is -0.309 e. The fraction of sp³-hybridized carbons (Fsp3) is 0.222. The van der Waals surface area contributed by atoms with Gasteiger partial charge in [-0.3, -0.25) is 4.79 Å². The number of rotatable bonds is 3. The van der Waals surface area contributed by atoms with Crippen LogP contribution in [-0.4, -0.2) is 9.97 Å². The standard InChI is InChI=1S/C18H18N2OS/c1-11-8-9-14(10-12(11)2)22-13(3)17-19-16-7-5-4-6-15(16)18(21)20-17/h4-10,13H,1-3H3,(H,19,20,21)/t13-/m0/s1. The van der Waals surface area contributed by atoms with Crippen LogP contribution in [0.2, 0.25) is 0 Å². The summed E-state index contributed by atoms with van der Waals surface area (Å²) >= 11 is 1.70. The fourth-order valence-corrected chi connectivity index (χ4v) is 3.37. The number of thioether (sulfide) groups is 1. The van der Waals surface area contributed by atoms with E-state index < -0.39 is 0 Å². The van der Waals surface area contributed by atoms with E-state index in [2.05, 4.69) is 48.9 Å². The quantitative estimate of drug-likeness (QED) is 0.730.